The number of nitrogens with one attached hydrogen (secondary N) is 1. The molecule has 3 N–H and O–H groups in total. The molecule has 1 unspecified atom stereocenters. The first kappa shape index (κ1) is 19.4. The van der Waals surface area contributed by atoms with Gasteiger partial charge in [-0.2, -0.15) is 0 Å². The van der Waals surface area contributed by atoms with Crippen LogP contribution in [0.3, 0.4) is 0 Å². The molecule has 1 heterocycles. The quantitative estimate of drug-likeness (QED) is 0.751. The Labute approximate surface area is 163 Å². The maximum absolute atomic E-state index is 12.8. The second-order valence-corrected chi connectivity index (χ2v) is 6.70. The van der Waals surface area contributed by atoms with Gasteiger partial charge in [-0.05, 0) is 49.2 Å². The average molecular weight is 381 g/mol. The van der Waals surface area contributed by atoms with E-state index in [4.69, 9.17) is 10.5 Å². The minimum absolute atomic E-state index is 0.00613. The van der Waals surface area contributed by atoms with Crippen molar-refractivity contribution in [3.8, 4) is 11.5 Å². The van der Waals surface area contributed by atoms with E-state index in [1.807, 2.05) is 30.3 Å². The summed E-state index contributed by atoms with van der Waals surface area (Å²) in [5.41, 5.74) is 5.59. The molecule has 1 aliphatic rings. The van der Waals surface area contributed by atoms with Crippen LogP contribution in [0.2, 0.25) is 0 Å². The Hall–Kier alpha value is -3.35. The van der Waals surface area contributed by atoms with Crippen LogP contribution in [0.25, 0.3) is 0 Å². The molecular weight excluding hydrogens is 358 g/mol. The van der Waals surface area contributed by atoms with Crippen LogP contribution in [0.15, 0.2) is 54.6 Å². The highest BCUT2D eigenvalue weighted by Gasteiger charge is 2.29. The number of ketones is 1. The van der Waals surface area contributed by atoms with E-state index in [0.29, 0.717) is 24.4 Å². The predicted octanol–water partition coefficient (Wildman–Crippen LogP) is 2.57. The molecule has 1 fully saturated rings. The minimum Gasteiger partial charge on any atom is -0.457 e. The largest absolute Gasteiger partial charge is 0.457 e. The smallest absolute Gasteiger partial charge is 0.312 e. The Kier molecular flexibility index (Phi) is 6.26. The number of para-hydroxylation sites is 1. The van der Waals surface area contributed by atoms with Crippen molar-refractivity contribution >= 4 is 17.7 Å². The molecule has 0 spiro atoms. The summed E-state index contributed by atoms with van der Waals surface area (Å²) < 4.78 is 5.74. The van der Waals surface area contributed by atoms with E-state index in [0.717, 1.165) is 18.6 Å². The summed E-state index contributed by atoms with van der Waals surface area (Å²) in [6.07, 6.45) is 1.47. The third-order valence-corrected chi connectivity index (χ3v) is 4.68. The first-order valence-electron chi connectivity index (χ1n) is 9.21. The van der Waals surface area contributed by atoms with Gasteiger partial charge in [-0.25, -0.2) is 4.79 Å². The molecule has 146 valence electrons. The van der Waals surface area contributed by atoms with Gasteiger partial charge in [-0.3, -0.25) is 9.59 Å². The number of carbonyl (C=O) groups excluding carboxylic acids is 3. The topological polar surface area (TPSA) is 102 Å². The van der Waals surface area contributed by atoms with Gasteiger partial charge in [0.15, 0.2) is 5.78 Å². The second-order valence-electron chi connectivity index (χ2n) is 6.70. The molecule has 0 saturated carbocycles. The molecule has 0 aliphatic carbocycles. The maximum atomic E-state index is 12.8. The van der Waals surface area contributed by atoms with Crippen LogP contribution in [0.5, 0.6) is 11.5 Å². The van der Waals surface area contributed by atoms with E-state index in [1.54, 1.807) is 29.2 Å². The number of likely N-dealkylation sites (tertiary alicyclic amines) is 1. The molecule has 0 bridgehead atoms. The zero-order chi connectivity index (χ0) is 19.9. The average Bonchev–Trinajstić information content (AvgIpc) is 2.73. The van der Waals surface area contributed by atoms with Gasteiger partial charge in [0.05, 0.1) is 6.54 Å². The molecule has 28 heavy (non-hydrogen) atoms. The van der Waals surface area contributed by atoms with Crippen LogP contribution in [0.4, 0.5) is 4.79 Å². The fraction of sp³-hybridized carbons (Fsp3) is 0.286. The summed E-state index contributed by atoms with van der Waals surface area (Å²) in [5.74, 6) is 0.898. The summed E-state index contributed by atoms with van der Waals surface area (Å²) in [4.78, 5) is 37.4. The van der Waals surface area contributed by atoms with Gasteiger partial charge < -0.3 is 20.7 Å². The highest BCUT2D eigenvalue weighted by molar-refractivity contribution is 5.98. The van der Waals surface area contributed by atoms with Gasteiger partial charge in [0.25, 0.3) is 0 Å². The van der Waals surface area contributed by atoms with Crippen molar-refractivity contribution < 1.29 is 19.1 Å². The van der Waals surface area contributed by atoms with Gasteiger partial charge in [0.2, 0.25) is 5.91 Å². The van der Waals surface area contributed by atoms with Crippen LogP contribution in [-0.4, -0.2) is 42.3 Å². The number of carbonyl (C=O) groups is 3. The fourth-order valence-electron chi connectivity index (χ4n) is 3.24. The predicted molar refractivity (Wildman–Crippen MR) is 104 cm³/mol. The lowest BCUT2D eigenvalue weighted by Gasteiger charge is -2.32. The van der Waals surface area contributed by atoms with Crippen LogP contribution in [-0.2, 0) is 4.79 Å². The fourth-order valence-corrected chi connectivity index (χ4v) is 3.24. The lowest BCUT2D eigenvalue weighted by molar-refractivity contribution is -0.131. The minimum atomic E-state index is -0.740. The number of nitrogens with zero attached hydrogens (tertiary/aromatic N) is 1. The molecule has 2 aromatic carbocycles. The van der Waals surface area contributed by atoms with E-state index >= 15 is 0 Å². The molecule has 1 atom stereocenters. The summed E-state index contributed by atoms with van der Waals surface area (Å²) in [5, 5.41) is 2.29. The van der Waals surface area contributed by atoms with E-state index in [2.05, 4.69) is 5.32 Å². The number of ether oxygens (including phenoxy) is 1. The number of rotatable bonds is 6. The number of amides is 3. The highest BCUT2D eigenvalue weighted by atomic mass is 16.5. The molecule has 1 aliphatic heterocycles. The Morgan fingerprint density at radius 1 is 1.04 bits per heavy atom. The summed E-state index contributed by atoms with van der Waals surface area (Å²) >= 11 is 0. The van der Waals surface area contributed by atoms with E-state index in [1.165, 1.54) is 0 Å². The van der Waals surface area contributed by atoms with Gasteiger partial charge in [-0.15, -0.1) is 0 Å². The Morgan fingerprint density at radius 3 is 2.39 bits per heavy atom. The number of nitrogens with two attached hydrogens (primary N) is 1. The number of piperidine rings is 1. The normalized spacial score (nSPS) is 16.3. The van der Waals surface area contributed by atoms with Crippen LogP contribution < -0.4 is 15.8 Å². The van der Waals surface area contributed by atoms with Crippen LogP contribution >= 0.6 is 0 Å². The third-order valence-electron chi connectivity index (χ3n) is 4.68. The van der Waals surface area contributed by atoms with E-state index in [9.17, 15) is 14.4 Å². The number of primary amides is 1. The van der Waals surface area contributed by atoms with Crippen molar-refractivity contribution in [2.75, 3.05) is 19.6 Å². The first-order chi connectivity index (χ1) is 13.5. The molecule has 7 nitrogen and oxygen atoms in total. The van der Waals surface area contributed by atoms with Crippen molar-refractivity contribution in [3.63, 3.8) is 0 Å². The van der Waals surface area contributed by atoms with E-state index < -0.39 is 6.03 Å². The summed E-state index contributed by atoms with van der Waals surface area (Å²) in [7, 11) is 0. The standard InChI is InChI=1S/C21H23N3O4/c22-21(27)23-13-19(25)24-12-4-5-16(14-24)20(26)15-8-10-18(11-9-15)28-17-6-2-1-3-7-17/h1-3,6-11,16H,4-5,12-14H2,(H3,22,23,27). The second kappa shape index (κ2) is 9.03. The van der Waals surface area contributed by atoms with Crippen molar-refractivity contribution in [1.82, 2.24) is 10.2 Å². The SMILES string of the molecule is NC(=O)NCC(=O)N1CCCC(C(=O)c2ccc(Oc3ccccc3)cc2)C1. The Morgan fingerprint density at radius 2 is 1.71 bits per heavy atom. The van der Waals surface area contributed by atoms with Crippen molar-refractivity contribution in [3.05, 3.63) is 60.2 Å². The summed E-state index contributed by atoms with van der Waals surface area (Å²) in [6.45, 7) is 0.773. The zero-order valence-electron chi connectivity index (χ0n) is 15.5. The number of urea groups is 1. The van der Waals surface area contributed by atoms with E-state index in [-0.39, 0.29) is 24.2 Å². The molecule has 3 amide bonds. The molecule has 2 aromatic rings. The molecule has 1 saturated heterocycles. The van der Waals surface area contributed by atoms with Gasteiger partial charge in [0.1, 0.15) is 11.5 Å². The molecular formula is C21H23N3O4. The molecule has 7 heteroatoms. The molecule has 0 aromatic heterocycles. The Balaban J connectivity index is 1.59. The highest BCUT2D eigenvalue weighted by Crippen LogP contribution is 2.24. The van der Waals surface area contributed by atoms with Gasteiger partial charge in [0, 0.05) is 24.6 Å². The van der Waals surface area contributed by atoms with Crippen LogP contribution in [0.1, 0.15) is 23.2 Å². The van der Waals surface area contributed by atoms with Crippen molar-refractivity contribution in [2.24, 2.45) is 11.7 Å². The monoisotopic (exact) mass is 381 g/mol. The van der Waals surface area contributed by atoms with Crippen molar-refractivity contribution in [2.45, 2.75) is 12.8 Å². The molecule has 3 rings (SSSR count). The van der Waals surface area contributed by atoms with Gasteiger partial charge >= 0.3 is 6.03 Å². The maximum Gasteiger partial charge on any atom is 0.312 e. The number of benzene rings is 2. The van der Waals surface area contributed by atoms with Gasteiger partial charge in [-0.1, -0.05) is 18.2 Å². The number of hydrogen-bond donors (Lipinski definition) is 2. The first-order valence-corrected chi connectivity index (χ1v) is 9.21. The zero-order valence-corrected chi connectivity index (χ0v) is 15.5. The number of hydrogen-bond acceptors (Lipinski definition) is 4. The van der Waals surface area contributed by atoms with Crippen LogP contribution in [0, 0.1) is 5.92 Å². The lowest BCUT2D eigenvalue weighted by atomic mass is 9.90. The van der Waals surface area contributed by atoms with Crippen molar-refractivity contribution in [1.29, 1.82) is 0 Å². The third kappa shape index (κ3) is 5.09. The molecule has 0 radical (unpaired) electrons. The lowest BCUT2D eigenvalue weighted by Crippen LogP contribution is -2.47. The summed E-state index contributed by atoms with van der Waals surface area (Å²) in [6, 6.07) is 15.7. The number of Topliss-reactive ketones (excluding diaryl/α,β-unsaturated/α-hetero) is 1. The Bertz CT molecular complexity index is 836.